The number of hydrogen-bond donors (Lipinski definition) is 0. The van der Waals surface area contributed by atoms with Crippen LogP contribution in [0.2, 0.25) is 0 Å². The van der Waals surface area contributed by atoms with E-state index in [-0.39, 0.29) is 5.75 Å². The maximum Gasteiger partial charge on any atom is 0.236 e. The van der Waals surface area contributed by atoms with Crippen LogP contribution in [-0.4, -0.2) is 15.5 Å². The Labute approximate surface area is 90.0 Å². The van der Waals surface area contributed by atoms with E-state index >= 15 is 0 Å². The third kappa shape index (κ3) is 3.04. The molecule has 1 rings (SSSR count). The molecule has 0 aliphatic heterocycles. The van der Waals surface area contributed by atoms with Gasteiger partial charge in [-0.15, -0.1) is 0 Å². The largest absolute Gasteiger partial charge is 0.494 e. The van der Waals surface area contributed by atoms with Crippen molar-refractivity contribution in [1.29, 1.82) is 0 Å². The van der Waals surface area contributed by atoms with Gasteiger partial charge in [0.2, 0.25) is 9.05 Å². The zero-order valence-corrected chi connectivity index (χ0v) is 9.20. The van der Waals surface area contributed by atoms with E-state index in [1.807, 2.05) is 0 Å². The van der Waals surface area contributed by atoms with Gasteiger partial charge in [-0.25, -0.2) is 17.2 Å². The molecule has 7 heteroatoms. The van der Waals surface area contributed by atoms with Crippen LogP contribution >= 0.6 is 10.7 Å². The van der Waals surface area contributed by atoms with Crippen LogP contribution in [0.15, 0.2) is 12.1 Å². The molecular formula is C8H7ClF2O3S. The second kappa shape index (κ2) is 4.32. The fraction of sp³-hybridized carbons (Fsp3) is 0.250. The van der Waals surface area contributed by atoms with Crippen LogP contribution in [-0.2, 0) is 14.8 Å². The summed E-state index contributed by atoms with van der Waals surface area (Å²) in [5, 5.41) is 0. The van der Waals surface area contributed by atoms with Crippen molar-refractivity contribution in [2.45, 2.75) is 5.75 Å². The zero-order valence-electron chi connectivity index (χ0n) is 7.63. The van der Waals surface area contributed by atoms with Crippen LogP contribution in [0.4, 0.5) is 8.78 Å². The summed E-state index contributed by atoms with van der Waals surface area (Å²) in [6, 6.07) is 1.98. The van der Waals surface area contributed by atoms with Crippen LogP contribution in [0.1, 0.15) is 5.56 Å². The second-order valence-corrected chi connectivity index (χ2v) is 5.50. The molecule has 15 heavy (non-hydrogen) atoms. The van der Waals surface area contributed by atoms with E-state index in [1.54, 1.807) is 0 Å². The monoisotopic (exact) mass is 256 g/mol. The molecule has 0 fully saturated rings. The minimum atomic E-state index is -4.01. The average Bonchev–Trinajstić information content (AvgIpc) is 2.11. The highest BCUT2D eigenvalue weighted by Gasteiger charge is 2.19. The van der Waals surface area contributed by atoms with Crippen molar-refractivity contribution >= 4 is 19.7 Å². The number of rotatable bonds is 3. The van der Waals surface area contributed by atoms with Crippen molar-refractivity contribution in [2.24, 2.45) is 0 Å². The molecule has 0 heterocycles. The summed E-state index contributed by atoms with van der Waals surface area (Å²) in [6.07, 6.45) is 0. The Balaban J connectivity index is 3.27. The van der Waals surface area contributed by atoms with Crippen LogP contribution in [0, 0.1) is 11.6 Å². The number of hydrogen-bond acceptors (Lipinski definition) is 3. The maximum atomic E-state index is 13.4. The van der Waals surface area contributed by atoms with Gasteiger partial charge in [0.1, 0.15) is 5.82 Å². The molecule has 0 unspecified atom stereocenters. The van der Waals surface area contributed by atoms with Gasteiger partial charge in [0.05, 0.1) is 12.9 Å². The molecule has 0 amide bonds. The van der Waals surface area contributed by atoms with Gasteiger partial charge in [0.25, 0.3) is 0 Å². The molecule has 84 valence electrons. The topological polar surface area (TPSA) is 43.4 Å². The third-order valence-corrected chi connectivity index (χ3v) is 2.65. The summed E-state index contributed by atoms with van der Waals surface area (Å²) in [4.78, 5) is 0. The number of ether oxygens (including phenoxy) is 1. The lowest BCUT2D eigenvalue weighted by atomic mass is 10.2. The molecule has 3 nitrogen and oxygen atoms in total. The van der Waals surface area contributed by atoms with E-state index in [1.165, 1.54) is 7.11 Å². The fourth-order valence-electron chi connectivity index (χ4n) is 1.04. The first kappa shape index (κ1) is 12.2. The molecule has 0 atom stereocenters. The van der Waals surface area contributed by atoms with Gasteiger partial charge in [-0.2, -0.15) is 0 Å². The lowest BCUT2D eigenvalue weighted by Crippen LogP contribution is -2.03. The third-order valence-electron chi connectivity index (χ3n) is 1.69. The predicted octanol–water partition coefficient (Wildman–Crippen LogP) is 2.04. The molecular weight excluding hydrogens is 250 g/mol. The van der Waals surface area contributed by atoms with Crippen LogP contribution in [0.5, 0.6) is 5.75 Å². The van der Waals surface area contributed by atoms with Crippen molar-refractivity contribution in [1.82, 2.24) is 0 Å². The normalized spacial score (nSPS) is 11.5. The molecule has 1 aromatic carbocycles. The Kier molecular flexibility index (Phi) is 3.51. The highest BCUT2D eigenvalue weighted by molar-refractivity contribution is 8.13. The number of halogens is 3. The Hall–Kier alpha value is -0.880. The Morgan fingerprint density at radius 2 is 2.00 bits per heavy atom. The van der Waals surface area contributed by atoms with Gasteiger partial charge in [-0.1, -0.05) is 0 Å². The Bertz CT molecular complexity index is 473. The van der Waals surface area contributed by atoms with Crippen molar-refractivity contribution in [3.8, 4) is 5.75 Å². The zero-order chi connectivity index (χ0) is 11.6. The van der Waals surface area contributed by atoms with Crippen molar-refractivity contribution in [3.05, 3.63) is 29.3 Å². The predicted molar refractivity (Wildman–Crippen MR) is 51.4 cm³/mol. The van der Waals surface area contributed by atoms with Crippen LogP contribution < -0.4 is 4.74 Å². The van der Waals surface area contributed by atoms with E-state index in [0.717, 1.165) is 12.1 Å². The standard InChI is InChI=1S/C8H7ClF2O3S/c1-14-7-3-2-6(10)5(8(7)11)4-15(9,12)13/h2-3H,4H2,1H3. The van der Waals surface area contributed by atoms with E-state index in [4.69, 9.17) is 10.7 Å². The summed E-state index contributed by atoms with van der Waals surface area (Å²) in [5.74, 6) is -3.17. The number of methoxy groups -OCH3 is 1. The minimum absolute atomic E-state index is 0.230. The quantitative estimate of drug-likeness (QED) is 0.778. The first-order valence-corrected chi connectivity index (χ1v) is 6.26. The fourth-order valence-corrected chi connectivity index (χ4v) is 1.98. The van der Waals surface area contributed by atoms with Crippen molar-refractivity contribution in [2.75, 3.05) is 7.11 Å². The molecule has 0 aromatic heterocycles. The molecule has 1 aromatic rings. The number of benzene rings is 1. The minimum Gasteiger partial charge on any atom is -0.494 e. The molecule has 0 bridgehead atoms. The molecule has 0 aliphatic rings. The van der Waals surface area contributed by atoms with Crippen molar-refractivity contribution < 1.29 is 21.9 Å². The van der Waals surface area contributed by atoms with Gasteiger partial charge in [-0.05, 0) is 12.1 Å². The molecule has 0 saturated carbocycles. The smallest absolute Gasteiger partial charge is 0.236 e. The van der Waals surface area contributed by atoms with E-state index in [0.29, 0.717) is 0 Å². The molecule has 0 aliphatic carbocycles. The van der Waals surface area contributed by atoms with E-state index in [9.17, 15) is 17.2 Å². The summed E-state index contributed by atoms with van der Waals surface area (Å²) in [5.41, 5.74) is -0.621. The van der Waals surface area contributed by atoms with Gasteiger partial charge >= 0.3 is 0 Å². The SMILES string of the molecule is COc1ccc(F)c(CS(=O)(=O)Cl)c1F. The highest BCUT2D eigenvalue weighted by atomic mass is 35.7. The molecule has 0 spiro atoms. The molecule has 0 saturated heterocycles. The lowest BCUT2D eigenvalue weighted by Gasteiger charge is -2.06. The second-order valence-electron chi connectivity index (χ2n) is 2.73. The molecule has 0 N–H and O–H groups in total. The van der Waals surface area contributed by atoms with E-state index < -0.39 is 32.0 Å². The lowest BCUT2D eigenvalue weighted by molar-refractivity contribution is 0.381. The summed E-state index contributed by atoms with van der Waals surface area (Å²) >= 11 is 0. The van der Waals surface area contributed by atoms with Crippen LogP contribution in [0.3, 0.4) is 0 Å². The van der Waals surface area contributed by atoms with Gasteiger partial charge < -0.3 is 4.74 Å². The van der Waals surface area contributed by atoms with Gasteiger partial charge in [0.15, 0.2) is 11.6 Å². The van der Waals surface area contributed by atoms with E-state index in [2.05, 4.69) is 4.74 Å². The van der Waals surface area contributed by atoms with Gasteiger partial charge in [0, 0.05) is 16.2 Å². The summed E-state index contributed by atoms with van der Waals surface area (Å²) < 4.78 is 52.4. The molecule has 0 radical (unpaired) electrons. The maximum absolute atomic E-state index is 13.4. The Morgan fingerprint density at radius 1 is 1.40 bits per heavy atom. The average molecular weight is 257 g/mol. The summed E-state index contributed by atoms with van der Waals surface area (Å²) in [6.45, 7) is 0. The highest BCUT2D eigenvalue weighted by Crippen LogP contribution is 2.25. The first-order valence-electron chi connectivity index (χ1n) is 3.78. The van der Waals surface area contributed by atoms with Crippen molar-refractivity contribution in [3.63, 3.8) is 0 Å². The summed E-state index contributed by atoms with van der Waals surface area (Å²) in [7, 11) is 2.08. The first-order chi connectivity index (χ1) is 6.85. The van der Waals surface area contributed by atoms with Gasteiger partial charge in [-0.3, -0.25) is 0 Å². The Morgan fingerprint density at radius 3 is 2.47 bits per heavy atom. The van der Waals surface area contributed by atoms with Crippen LogP contribution in [0.25, 0.3) is 0 Å².